The zero-order chi connectivity index (χ0) is 27.7. The summed E-state index contributed by atoms with van der Waals surface area (Å²) in [5.41, 5.74) is 0.458. The predicted octanol–water partition coefficient (Wildman–Crippen LogP) is -0.635. The maximum atomic E-state index is 13.1. The van der Waals surface area contributed by atoms with Crippen molar-refractivity contribution >= 4 is 11.9 Å². The molecule has 38 heavy (non-hydrogen) atoms. The monoisotopic (exact) mass is 542 g/mol. The van der Waals surface area contributed by atoms with Gasteiger partial charge >= 0.3 is 11.9 Å². The van der Waals surface area contributed by atoms with E-state index in [9.17, 15) is 35.1 Å². The van der Waals surface area contributed by atoms with Gasteiger partial charge in [0.25, 0.3) is 0 Å². The Morgan fingerprint density at radius 3 is 2.47 bits per heavy atom. The number of aliphatic hydroxyl groups is 5. The van der Waals surface area contributed by atoms with Crippen LogP contribution in [0, 0.1) is 29.6 Å². The smallest absolute Gasteiger partial charge is 0.337 e. The van der Waals surface area contributed by atoms with Crippen LogP contribution in [-0.2, 0) is 33.3 Å². The predicted molar refractivity (Wildman–Crippen MR) is 128 cm³/mol. The average molecular weight is 543 g/mol. The highest BCUT2D eigenvalue weighted by atomic mass is 16.8. The lowest BCUT2D eigenvalue weighted by Crippen LogP contribution is -2.60. The first-order valence-electron chi connectivity index (χ1n) is 13.1. The third kappa shape index (κ3) is 5.48. The Hall–Kier alpha value is -2.06. The van der Waals surface area contributed by atoms with E-state index in [1.54, 1.807) is 13.0 Å². The Morgan fingerprint density at radius 2 is 1.82 bits per heavy atom. The molecule has 3 heterocycles. The molecule has 0 unspecified atom stereocenters. The number of esters is 2. The topological polar surface area (TPSA) is 181 Å². The van der Waals surface area contributed by atoms with Gasteiger partial charge in [-0.3, -0.25) is 4.79 Å². The largest absolute Gasteiger partial charge is 0.468 e. The minimum atomic E-state index is -1.66. The maximum absolute atomic E-state index is 13.1. The minimum absolute atomic E-state index is 0.0230. The molecule has 3 fully saturated rings. The van der Waals surface area contributed by atoms with Gasteiger partial charge < -0.3 is 49.2 Å². The van der Waals surface area contributed by atoms with Crippen LogP contribution in [0.15, 0.2) is 23.5 Å². The highest BCUT2D eigenvalue weighted by molar-refractivity contribution is 5.91. The van der Waals surface area contributed by atoms with Crippen molar-refractivity contribution in [3.8, 4) is 0 Å². The number of hydrogen-bond acceptors (Lipinski definition) is 12. The van der Waals surface area contributed by atoms with Crippen molar-refractivity contribution in [1.29, 1.82) is 0 Å². The molecule has 4 aliphatic rings. The van der Waals surface area contributed by atoms with Crippen LogP contribution in [-0.4, -0.2) is 100 Å². The Labute approximate surface area is 220 Å². The number of rotatable bonds is 4. The fraction of sp³-hybridized carbons (Fsp3) is 0.769. The van der Waals surface area contributed by atoms with Crippen molar-refractivity contribution in [3.63, 3.8) is 0 Å². The molecule has 12 nitrogen and oxygen atoms in total. The summed E-state index contributed by atoms with van der Waals surface area (Å²) >= 11 is 0. The standard InChI is InChI=1S/C26H38O12/c1-4-13-15-6-20(29)36-18-5-14(16(7-27)12(18)3)11(2)9-34-24(33)17(15)10-35-25(13)38-26-23(32)22(31)21(30)19(8-28)37-26/h4,10-12,14-16,18-19,21-23,25-28,30-32H,5-9H2,1-3H3/t11-,12+,14+,15-,16-,18-,19+,21+,22-,23+,25-,26-/m0/s1. The van der Waals surface area contributed by atoms with Crippen molar-refractivity contribution in [3.05, 3.63) is 23.5 Å². The van der Waals surface area contributed by atoms with Crippen LogP contribution in [0.3, 0.4) is 0 Å². The second kappa shape index (κ2) is 12.0. The molecule has 0 spiro atoms. The minimum Gasteiger partial charge on any atom is -0.468 e. The van der Waals surface area contributed by atoms with E-state index in [0.29, 0.717) is 12.0 Å². The number of fused-ring (bicyclic) bond motifs is 3. The summed E-state index contributed by atoms with van der Waals surface area (Å²) in [5, 5.41) is 50.0. The first-order chi connectivity index (χ1) is 18.1. The summed E-state index contributed by atoms with van der Waals surface area (Å²) in [4.78, 5) is 26.2. The molecule has 1 aliphatic carbocycles. The molecule has 0 aromatic heterocycles. The van der Waals surface area contributed by atoms with Crippen LogP contribution in [0.4, 0.5) is 0 Å². The number of allylic oxidation sites excluding steroid dienone is 1. The summed E-state index contributed by atoms with van der Waals surface area (Å²) in [7, 11) is 0. The van der Waals surface area contributed by atoms with E-state index in [-0.39, 0.29) is 55.0 Å². The van der Waals surface area contributed by atoms with Gasteiger partial charge in [0.15, 0.2) is 6.29 Å². The molecule has 0 amide bonds. The summed E-state index contributed by atoms with van der Waals surface area (Å²) in [6, 6.07) is 0. The van der Waals surface area contributed by atoms with Crippen molar-refractivity contribution < 1.29 is 58.8 Å². The van der Waals surface area contributed by atoms with E-state index in [1.165, 1.54) is 0 Å². The van der Waals surface area contributed by atoms with E-state index in [2.05, 4.69) is 0 Å². The van der Waals surface area contributed by atoms with Gasteiger partial charge in [-0.15, -0.1) is 0 Å². The van der Waals surface area contributed by atoms with Crippen LogP contribution in [0.1, 0.15) is 33.6 Å². The lowest BCUT2D eigenvalue weighted by molar-refractivity contribution is -0.327. The summed E-state index contributed by atoms with van der Waals surface area (Å²) in [6.07, 6.45) is -6.06. The van der Waals surface area contributed by atoms with Crippen LogP contribution in [0.2, 0.25) is 0 Å². The Balaban J connectivity index is 1.58. The number of ether oxygens (including phenoxy) is 5. The molecule has 4 rings (SSSR count). The lowest BCUT2D eigenvalue weighted by atomic mass is 9.83. The normalized spacial score (nSPS) is 45.2. The molecule has 2 saturated heterocycles. The summed E-state index contributed by atoms with van der Waals surface area (Å²) in [5.74, 6) is -2.24. The molecule has 0 radical (unpaired) electrons. The van der Waals surface area contributed by atoms with Crippen molar-refractivity contribution in [2.45, 2.75) is 76.7 Å². The van der Waals surface area contributed by atoms with E-state index in [4.69, 9.17) is 23.7 Å². The first-order valence-corrected chi connectivity index (χ1v) is 13.1. The quantitative estimate of drug-likeness (QED) is 0.224. The van der Waals surface area contributed by atoms with E-state index in [0.717, 1.165) is 6.26 Å². The highest BCUT2D eigenvalue weighted by Crippen LogP contribution is 2.44. The molecule has 5 N–H and O–H groups in total. The van der Waals surface area contributed by atoms with Crippen molar-refractivity contribution in [1.82, 2.24) is 0 Å². The number of carbonyl (C=O) groups is 2. The molecule has 214 valence electrons. The van der Waals surface area contributed by atoms with Gasteiger partial charge in [-0.05, 0) is 37.0 Å². The molecular weight excluding hydrogens is 504 g/mol. The van der Waals surface area contributed by atoms with Gasteiger partial charge in [-0.25, -0.2) is 4.79 Å². The lowest BCUT2D eigenvalue weighted by Gasteiger charge is -2.42. The molecule has 12 heteroatoms. The summed E-state index contributed by atoms with van der Waals surface area (Å²) in [6.45, 7) is 4.97. The molecule has 2 bridgehead atoms. The average Bonchev–Trinajstić information content (AvgIpc) is 3.21. The van der Waals surface area contributed by atoms with E-state index < -0.39 is 61.5 Å². The van der Waals surface area contributed by atoms with Crippen molar-refractivity contribution in [2.75, 3.05) is 19.8 Å². The third-order valence-electron chi connectivity index (χ3n) is 8.43. The maximum Gasteiger partial charge on any atom is 0.337 e. The van der Waals surface area contributed by atoms with Gasteiger partial charge in [0.1, 0.15) is 30.5 Å². The molecule has 12 atom stereocenters. The second-order valence-corrected chi connectivity index (χ2v) is 10.6. The van der Waals surface area contributed by atoms with Gasteiger partial charge in [-0.1, -0.05) is 19.9 Å². The van der Waals surface area contributed by atoms with E-state index in [1.807, 2.05) is 13.8 Å². The number of cyclic esters (lactones) is 1. The fourth-order valence-electron chi connectivity index (χ4n) is 6.04. The van der Waals surface area contributed by atoms with Gasteiger partial charge in [0.05, 0.1) is 31.5 Å². The molecule has 1 saturated carbocycles. The summed E-state index contributed by atoms with van der Waals surface area (Å²) < 4.78 is 28.3. The van der Waals surface area contributed by atoms with Gasteiger partial charge in [-0.2, -0.15) is 0 Å². The second-order valence-electron chi connectivity index (χ2n) is 10.6. The van der Waals surface area contributed by atoms with Crippen LogP contribution in [0.5, 0.6) is 0 Å². The Morgan fingerprint density at radius 1 is 1.08 bits per heavy atom. The SMILES string of the molecule is CC=C1[C@H](O[C@@H]2O[C@H](CO)[C@@H](O)[C@H](O)[C@H]2O)OC=C2C(=O)OC[C@H](C)[C@H]3C[C@H](OC(=O)C[C@H]21)[C@H](C)[C@@H]3CO. The van der Waals surface area contributed by atoms with E-state index >= 15 is 0 Å². The van der Waals surface area contributed by atoms with Crippen molar-refractivity contribution in [2.24, 2.45) is 29.6 Å². The molecule has 0 aromatic carbocycles. The van der Waals surface area contributed by atoms with Gasteiger partial charge in [0, 0.05) is 18.1 Å². The highest BCUT2D eigenvalue weighted by Gasteiger charge is 2.48. The molecule has 0 aromatic rings. The third-order valence-corrected chi connectivity index (χ3v) is 8.43. The molecule has 3 aliphatic heterocycles. The van der Waals surface area contributed by atoms with Crippen LogP contribution in [0.25, 0.3) is 0 Å². The van der Waals surface area contributed by atoms with Gasteiger partial charge in [0.2, 0.25) is 6.29 Å². The van der Waals surface area contributed by atoms with Crippen LogP contribution < -0.4 is 0 Å². The fourth-order valence-corrected chi connectivity index (χ4v) is 6.04. The number of carbonyl (C=O) groups excluding carboxylic acids is 2. The Kier molecular flexibility index (Phi) is 9.13. The Bertz CT molecular complexity index is 931. The van der Waals surface area contributed by atoms with Crippen LogP contribution >= 0.6 is 0 Å². The zero-order valence-corrected chi connectivity index (χ0v) is 21.7. The first kappa shape index (κ1) is 28.9. The number of aliphatic hydroxyl groups excluding tert-OH is 5. The molecular formula is C26H38O12. The zero-order valence-electron chi connectivity index (χ0n) is 21.7. The number of hydrogen-bond donors (Lipinski definition) is 5.